The molecule has 0 spiro atoms. The van der Waals surface area contributed by atoms with Crippen LogP contribution in [0.3, 0.4) is 0 Å². The minimum Gasteiger partial charge on any atom is -0.469 e. The van der Waals surface area contributed by atoms with Gasteiger partial charge >= 0.3 is 6.09 Å². The van der Waals surface area contributed by atoms with E-state index in [0.717, 1.165) is 0 Å². The van der Waals surface area contributed by atoms with E-state index in [1.54, 1.807) is 18.2 Å². The second-order valence-corrected chi connectivity index (χ2v) is 21.7. The minimum atomic E-state index is -2.27. The zero-order chi connectivity index (χ0) is 38.6. The van der Waals surface area contributed by atoms with Crippen LogP contribution < -0.4 is 9.64 Å². The first kappa shape index (κ1) is 38.2. The van der Waals surface area contributed by atoms with Crippen LogP contribution in [0.25, 0.3) is 32.9 Å². The van der Waals surface area contributed by atoms with E-state index in [-0.39, 0.29) is 42.1 Å². The van der Waals surface area contributed by atoms with E-state index in [1.807, 2.05) is 17.2 Å². The smallest absolute Gasteiger partial charge is 0.407 e. The van der Waals surface area contributed by atoms with Gasteiger partial charge in [0.15, 0.2) is 11.0 Å². The summed E-state index contributed by atoms with van der Waals surface area (Å²) in [7, 11) is -0.754. The molecule has 4 aromatic rings. The third-order valence-corrected chi connectivity index (χ3v) is 18.6. The van der Waals surface area contributed by atoms with Gasteiger partial charge in [-0.25, -0.2) is 28.5 Å². The van der Waals surface area contributed by atoms with Crippen molar-refractivity contribution in [2.75, 3.05) is 38.2 Å². The number of amides is 1. The van der Waals surface area contributed by atoms with Crippen molar-refractivity contribution in [3.8, 4) is 28.6 Å². The van der Waals surface area contributed by atoms with Crippen molar-refractivity contribution in [1.29, 1.82) is 0 Å². The highest BCUT2D eigenvalue weighted by Gasteiger charge is 2.54. The Kier molecular flexibility index (Phi) is 10.6. The Morgan fingerprint density at radius 1 is 1.06 bits per heavy atom. The molecule has 2 aromatic heterocycles. The average molecular weight is 776 g/mol. The predicted octanol–water partition coefficient (Wildman–Crippen LogP) is 8.50. The van der Waals surface area contributed by atoms with E-state index in [2.05, 4.69) is 58.0 Å². The van der Waals surface area contributed by atoms with E-state index in [0.29, 0.717) is 68.7 Å². The van der Waals surface area contributed by atoms with Crippen LogP contribution in [0.4, 0.5) is 19.4 Å². The summed E-state index contributed by atoms with van der Waals surface area (Å²) >= 11 is 1.28. The molecule has 14 heteroatoms. The molecule has 286 valence electrons. The number of fused-ring (bicyclic) bond motifs is 6. The second kappa shape index (κ2) is 14.9. The molecule has 1 amide bonds. The molecule has 2 bridgehead atoms. The Labute approximate surface area is 320 Å². The summed E-state index contributed by atoms with van der Waals surface area (Å²) in [6.07, 6.45) is 1.38. The number of hydrogen-bond donors (Lipinski definition) is 1. The van der Waals surface area contributed by atoms with Gasteiger partial charge in [0.05, 0.1) is 30.3 Å². The monoisotopic (exact) mass is 775 g/mol. The van der Waals surface area contributed by atoms with Crippen LogP contribution >= 0.6 is 11.8 Å². The lowest BCUT2D eigenvalue weighted by Gasteiger charge is -2.47. The van der Waals surface area contributed by atoms with Crippen molar-refractivity contribution in [3.63, 3.8) is 0 Å². The Bertz CT molecular complexity index is 2160. The standard InChI is InChI=1S/C40H47F2N5O5SSi/c1-21(2)54(22(3)4,23(5)6)17-16-26-28(41)14-12-24-10-9-11-27(31(24)26)34-33(42)35-32-37(45-39(44-35)53-8)46-18-25-13-15-29(47(25)40(48)49)36(46)30(19-51-20-50-7)52-38(32)43-34/h9-12,14,21-23,25,29-30,36H,13,15,18-20H2,1-8H3,(H,48,49). The largest absolute Gasteiger partial charge is 0.469 e. The fourth-order valence-corrected chi connectivity index (χ4v) is 15.1. The normalized spacial score (nSPS) is 20.8. The number of aromatic nitrogens is 3. The SMILES string of the molecule is COCOCC1Oc2nc(-c3cccc4ccc(F)c(C#C[Si](C(C)C)(C(C)C)C(C)C)c34)c(F)c3nc(SC)nc(c23)N2CC3CCC(C12)N3C(=O)O. The van der Waals surface area contributed by atoms with Gasteiger partial charge in [-0.05, 0) is 47.2 Å². The number of hydrogen-bond acceptors (Lipinski definition) is 9. The average Bonchev–Trinajstić information content (AvgIpc) is 3.39. The van der Waals surface area contributed by atoms with Crippen LogP contribution in [0.2, 0.25) is 16.6 Å². The molecule has 0 radical (unpaired) electrons. The highest BCUT2D eigenvalue weighted by atomic mass is 32.2. The topological polar surface area (TPSA) is 110 Å². The van der Waals surface area contributed by atoms with Gasteiger partial charge in [-0.3, -0.25) is 4.90 Å². The van der Waals surface area contributed by atoms with Crippen LogP contribution in [0.15, 0.2) is 35.5 Å². The van der Waals surface area contributed by atoms with Crippen LogP contribution in [-0.2, 0) is 9.47 Å². The molecule has 2 saturated heterocycles. The highest BCUT2D eigenvalue weighted by molar-refractivity contribution is 7.98. The minimum absolute atomic E-state index is 0.0106. The molecular formula is C40H47F2N5O5SSi. The van der Waals surface area contributed by atoms with Crippen LogP contribution in [0.1, 0.15) is 59.9 Å². The van der Waals surface area contributed by atoms with Gasteiger partial charge in [0.25, 0.3) is 0 Å². The Morgan fingerprint density at radius 2 is 1.80 bits per heavy atom. The molecular weight excluding hydrogens is 729 g/mol. The first-order valence-electron chi connectivity index (χ1n) is 18.5. The van der Waals surface area contributed by atoms with E-state index in [9.17, 15) is 9.90 Å². The number of methoxy groups -OCH3 is 1. The number of pyridine rings is 1. The first-order chi connectivity index (χ1) is 25.8. The summed E-state index contributed by atoms with van der Waals surface area (Å²) in [6, 6.07) is 7.25. The zero-order valence-corrected chi connectivity index (χ0v) is 33.8. The van der Waals surface area contributed by atoms with Crippen molar-refractivity contribution in [2.45, 2.75) is 100 Å². The predicted molar refractivity (Wildman–Crippen MR) is 210 cm³/mol. The quantitative estimate of drug-likeness (QED) is 0.0444. The Hall–Kier alpha value is -4.03. The number of carbonyl (C=O) groups is 1. The van der Waals surface area contributed by atoms with Crippen molar-refractivity contribution in [3.05, 3.63) is 47.5 Å². The molecule has 2 fully saturated rings. The summed E-state index contributed by atoms with van der Waals surface area (Å²) in [5, 5.41) is 12.1. The maximum Gasteiger partial charge on any atom is 0.407 e. The van der Waals surface area contributed by atoms with Crippen molar-refractivity contribution < 1.29 is 32.9 Å². The number of rotatable bonds is 9. The van der Waals surface area contributed by atoms with Gasteiger partial charge in [0.2, 0.25) is 5.88 Å². The van der Waals surface area contributed by atoms with E-state index >= 15 is 8.78 Å². The molecule has 5 heterocycles. The molecule has 0 saturated carbocycles. The maximum atomic E-state index is 17.4. The summed E-state index contributed by atoms with van der Waals surface area (Å²) in [5.74, 6) is 2.67. The van der Waals surface area contributed by atoms with Gasteiger partial charge in [-0.2, -0.15) is 0 Å². The number of benzene rings is 2. The van der Waals surface area contributed by atoms with Crippen LogP contribution in [0, 0.1) is 23.1 Å². The lowest BCUT2D eigenvalue weighted by Crippen LogP contribution is -2.66. The summed E-state index contributed by atoms with van der Waals surface area (Å²) in [4.78, 5) is 30.6. The fraction of sp³-hybridized carbons (Fsp3) is 0.500. The third-order valence-electron chi connectivity index (χ3n) is 11.7. The molecule has 7 rings (SSSR count). The van der Waals surface area contributed by atoms with Crippen molar-refractivity contribution >= 4 is 53.4 Å². The molecule has 1 N–H and O–H groups in total. The molecule has 4 atom stereocenters. The number of carboxylic acid groups (broad SMARTS) is 1. The van der Waals surface area contributed by atoms with E-state index in [4.69, 9.17) is 24.2 Å². The fourth-order valence-electron chi connectivity index (χ4n) is 9.49. The number of ether oxygens (including phenoxy) is 3. The number of piperazine rings is 1. The highest BCUT2D eigenvalue weighted by Crippen LogP contribution is 2.47. The van der Waals surface area contributed by atoms with Gasteiger partial charge in [0, 0.05) is 24.6 Å². The summed E-state index contributed by atoms with van der Waals surface area (Å²) < 4.78 is 51.3. The second-order valence-electron chi connectivity index (χ2n) is 15.4. The molecule has 3 aliphatic rings. The molecule has 54 heavy (non-hydrogen) atoms. The first-order valence-corrected chi connectivity index (χ1v) is 22.0. The van der Waals surface area contributed by atoms with Gasteiger partial charge < -0.3 is 24.2 Å². The Morgan fingerprint density at radius 3 is 2.46 bits per heavy atom. The lowest BCUT2D eigenvalue weighted by molar-refractivity contribution is -0.0667. The van der Waals surface area contributed by atoms with Crippen LogP contribution in [-0.4, -0.2) is 96.7 Å². The third kappa shape index (κ3) is 6.17. The number of thioether (sulfide) groups is 1. The maximum absolute atomic E-state index is 17.4. The number of nitrogens with zero attached hydrogens (tertiary/aromatic N) is 5. The lowest BCUT2D eigenvalue weighted by atomic mass is 9.96. The molecule has 2 aromatic carbocycles. The molecule has 10 nitrogen and oxygen atoms in total. The molecule has 0 aliphatic carbocycles. The number of anilines is 1. The zero-order valence-electron chi connectivity index (χ0n) is 31.9. The van der Waals surface area contributed by atoms with Crippen molar-refractivity contribution in [2.24, 2.45) is 0 Å². The summed E-state index contributed by atoms with van der Waals surface area (Å²) in [6.45, 7) is 13.6. The van der Waals surface area contributed by atoms with Gasteiger partial charge in [-0.1, -0.05) is 83.5 Å². The Balaban J connectivity index is 1.48. The van der Waals surface area contributed by atoms with Crippen LogP contribution in [0.5, 0.6) is 5.88 Å². The van der Waals surface area contributed by atoms with Gasteiger partial charge in [-0.15, -0.1) is 5.54 Å². The van der Waals surface area contributed by atoms with Crippen molar-refractivity contribution in [1.82, 2.24) is 19.9 Å². The number of halogens is 2. The van der Waals surface area contributed by atoms with E-state index < -0.39 is 44.0 Å². The summed E-state index contributed by atoms with van der Waals surface area (Å²) in [5.41, 5.74) is 5.17. The molecule has 3 aliphatic heterocycles. The van der Waals surface area contributed by atoms with Gasteiger partial charge in [0.1, 0.15) is 49.2 Å². The molecule has 4 unspecified atom stereocenters. The van der Waals surface area contributed by atoms with E-state index in [1.165, 1.54) is 29.8 Å².